The number of rotatable bonds is 10. The second kappa shape index (κ2) is 12.8. The largest absolute Gasteiger partial charge is 0.324 e. The fourth-order valence-corrected chi connectivity index (χ4v) is 4.93. The van der Waals surface area contributed by atoms with Crippen molar-refractivity contribution >= 4 is 54.4 Å². The molecule has 0 radical (unpaired) electrons. The van der Waals surface area contributed by atoms with Crippen LogP contribution in [0, 0.1) is 17.5 Å². The fraction of sp³-hybridized carbons (Fsp3) is 0.143. The number of nitrogens with one attached hydrogen (secondary N) is 3. The summed E-state index contributed by atoms with van der Waals surface area (Å²) < 4.78 is 88.0. The van der Waals surface area contributed by atoms with E-state index in [-0.39, 0.29) is 33.1 Å². The zero-order valence-corrected chi connectivity index (χ0v) is 25.4. The predicted molar refractivity (Wildman–Crippen MR) is 162 cm³/mol. The molecule has 0 amide bonds. The maximum Gasteiger partial charge on any atom is 0.231 e. The first-order chi connectivity index (χ1) is 20.6. The second-order valence-electron chi connectivity index (χ2n) is 9.55. The van der Waals surface area contributed by atoms with Crippen molar-refractivity contribution in [1.82, 2.24) is 9.97 Å². The van der Waals surface area contributed by atoms with Gasteiger partial charge < -0.3 is 5.32 Å². The summed E-state index contributed by atoms with van der Waals surface area (Å²) in [4.78, 5) is 8.78. The zero-order chi connectivity index (χ0) is 32.2. The summed E-state index contributed by atoms with van der Waals surface area (Å²) in [6.07, 6.45) is 2.21. The summed E-state index contributed by atoms with van der Waals surface area (Å²) in [7, 11) is -6.74. The zero-order valence-electron chi connectivity index (χ0n) is 23.7. The van der Waals surface area contributed by atoms with Gasteiger partial charge in [-0.2, -0.15) is 20.2 Å². The molecule has 4 aromatic rings. The molecule has 3 N–H and O–H groups in total. The van der Waals surface area contributed by atoms with Crippen LogP contribution in [0.25, 0.3) is 0 Å². The molecule has 1 heterocycles. The highest BCUT2D eigenvalue weighted by Gasteiger charge is 2.13. The third kappa shape index (κ3) is 8.17. The molecule has 0 saturated carbocycles. The molecule has 0 atom stereocenters. The topological polar surface area (TPSA) is 155 Å². The van der Waals surface area contributed by atoms with Gasteiger partial charge in [-0.25, -0.2) is 30.0 Å². The fourth-order valence-electron chi connectivity index (χ4n) is 3.67. The Morgan fingerprint density at radius 3 is 1.41 bits per heavy atom. The first-order valence-corrected chi connectivity index (χ1v) is 16.4. The van der Waals surface area contributed by atoms with Crippen LogP contribution in [-0.4, -0.2) is 50.7 Å². The highest BCUT2D eigenvalue weighted by atomic mass is 32.2. The van der Waals surface area contributed by atoms with Crippen molar-refractivity contribution in [2.45, 2.75) is 23.6 Å². The van der Waals surface area contributed by atoms with Crippen LogP contribution in [0.3, 0.4) is 0 Å². The predicted octanol–water partition coefficient (Wildman–Crippen LogP) is 5.12. The Morgan fingerprint density at radius 2 is 1.05 bits per heavy atom. The van der Waals surface area contributed by atoms with E-state index in [4.69, 9.17) is 0 Å². The summed E-state index contributed by atoms with van der Waals surface area (Å²) in [5.74, 6) is -4.37. The second-order valence-corrected chi connectivity index (χ2v) is 13.6. The standard InChI is InChI=1S/C28H26F3N7O4S2/c1-16(18-5-9-21(10-6-18)43(3,39)40)35-37-25-15-26(34-28(33-25)32-20-13-23(29)27(31)24(30)14-20)38-36-17(2)19-7-11-22(12-8-19)44(4,41)42/h5-15H,1-4H3,(H3,32,33,34,37,38). The van der Waals surface area contributed by atoms with Crippen molar-refractivity contribution in [3.8, 4) is 0 Å². The molecule has 0 unspecified atom stereocenters. The van der Waals surface area contributed by atoms with Gasteiger partial charge in [0.05, 0.1) is 21.2 Å². The van der Waals surface area contributed by atoms with Crippen LogP contribution in [0.5, 0.6) is 0 Å². The van der Waals surface area contributed by atoms with E-state index in [0.717, 1.165) is 24.6 Å². The van der Waals surface area contributed by atoms with Crippen LogP contribution < -0.4 is 16.2 Å². The monoisotopic (exact) mass is 645 g/mol. The normalized spacial score (nSPS) is 12.6. The molecule has 0 saturated heterocycles. The number of hydrogen-bond donors (Lipinski definition) is 3. The summed E-state index contributed by atoms with van der Waals surface area (Å²) in [5, 5.41) is 11.2. The molecule has 0 bridgehead atoms. The maximum atomic E-state index is 13.8. The van der Waals surface area contributed by atoms with Crippen molar-refractivity contribution in [3.63, 3.8) is 0 Å². The molecule has 16 heteroatoms. The van der Waals surface area contributed by atoms with Gasteiger partial charge in [-0.05, 0) is 49.2 Å². The summed E-state index contributed by atoms with van der Waals surface area (Å²) in [6.45, 7) is 3.35. The molecular weight excluding hydrogens is 619 g/mol. The van der Waals surface area contributed by atoms with Crippen molar-refractivity contribution in [3.05, 3.63) is 95.3 Å². The van der Waals surface area contributed by atoms with Crippen molar-refractivity contribution in [2.24, 2.45) is 10.2 Å². The van der Waals surface area contributed by atoms with Crippen LogP contribution in [0.1, 0.15) is 25.0 Å². The lowest BCUT2D eigenvalue weighted by Crippen LogP contribution is -2.07. The van der Waals surface area contributed by atoms with Crippen LogP contribution in [0.2, 0.25) is 0 Å². The number of anilines is 4. The average Bonchev–Trinajstić information content (AvgIpc) is 2.96. The van der Waals surface area contributed by atoms with Crippen molar-refractivity contribution in [2.75, 3.05) is 28.7 Å². The molecule has 0 aliphatic rings. The van der Waals surface area contributed by atoms with E-state index in [1.54, 1.807) is 38.1 Å². The van der Waals surface area contributed by atoms with Gasteiger partial charge in [0.15, 0.2) is 48.8 Å². The number of aromatic nitrogens is 2. The highest BCUT2D eigenvalue weighted by molar-refractivity contribution is 7.91. The number of halogens is 3. The Hall–Kier alpha value is -4.83. The van der Waals surface area contributed by atoms with Gasteiger partial charge in [0, 0.05) is 36.4 Å². The molecule has 1 aromatic heterocycles. The van der Waals surface area contributed by atoms with Crippen LogP contribution in [0.15, 0.2) is 86.7 Å². The molecule has 0 aliphatic heterocycles. The van der Waals surface area contributed by atoms with Crippen molar-refractivity contribution in [1.29, 1.82) is 0 Å². The van der Waals surface area contributed by atoms with Gasteiger partial charge in [0.1, 0.15) is 0 Å². The number of nitrogens with zero attached hydrogens (tertiary/aromatic N) is 4. The van der Waals surface area contributed by atoms with E-state index < -0.39 is 37.1 Å². The minimum atomic E-state index is -3.37. The number of hydrogen-bond acceptors (Lipinski definition) is 11. The van der Waals surface area contributed by atoms with Gasteiger partial charge in [-0.3, -0.25) is 10.9 Å². The minimum absolute atomic E-state index is 0.116. The Labute approximate surface area is 251 Å². The third-order valence-electron chi connectivity index (χ3n) is 6.04. The molecule has 44 heavy (non-hydrogen) atoms. The van der Waals surface area contributed by atoms with E-state index in [2.05, 4.69) is 36.3 Å². The van der Waals surface area contributed by atoms with Gasteiger partial charge in [0.25, 0.3) is 0 Å². The van der Waals surface area contributed by atoms with E-state index in [9.17, 15) is 30.0 Å². The van der Waals surface area contributed by atoms with Crippen LogP contribution >= 0.6 is 0 Å². The molecule has 0 spiro atoms. The Bertz CT molecular complexity index is 1850. The smallest absolute Gasteiger partial charge is 0.231 e. The molecule has 4 rings (SSSR count). The lowest BCUT2D eigenvalue weighted by Gasteiger charge is -2.11. The Morgan fingerprint density at radius 1 is 0.659 bits per heavy atom. The Kier molecular flexibility index (Phi) is 9.34. The number of hydrazone groups is 2. The van der Waals surface area contributed by atoms with Gasteiger partial charge >= 0.3 is 0 Å². The quantitative estimate of drug-likeness (QED) is 0.121. The van der Waals surface area contributed by atoms with Gasteiger partial charge in [-0.1, -0.05) is 24.3 Å². The summed E-state index contributed by atoms with van der Waals surface area (Å²) >= 11 is 0. The lowest BCUT2D eigenvalue weighted by molar-refractivity contribution is 0.448. The van der Waals surface area contributed by atoms with Crippen molar-refractivity contribution < 1.29 is 30.0 Å². The molecule has 0 fully saturated rings. The average molecular weight is 646 g/mol. The first kappa shape index (κ1) is 32.1. The van der Waals surface area contributed by atoms with Crippen LogP contribution in [-0.2, 0) is 19.7 Å². The molecule has 230 valence electrons. The number of sulfone groups is 2. The minimum Gasteiger partial charge on any atom is -0.324 e. The highest BCUT2D eigenvalue weighted by Crippen LogP contribution is 2.23. The van der Waals surface area contributed by atoms with Gasteiger partial charge in [-0.15, -0.1) is 0 Å². The molecule has 0 aliphatic carbocycles. The maximum absolute atomic E-state index is 13.8. The summed E-state index contributed by atoms with van der Waals surface area (Å²) in [6, 6.07) is 15.1. The van der Waals surface area contributed by atoms with E-state index in [0.29, 0.717) is 22.6 Å². The Balaban J connectivity index is 1.63. The van der Waals surface area contributed by atoms with Gasteiger partial charge in [0.2, 0.25) is 5.95 Å². The SMILES string of the molecule is CC(=NNc1cc(NN=C(C)c2ccc(S(C)(=O)=O)cc2)nc(Nc2cc(F)c(F)c(F)c2)n1)c1ccc(S(C)(=O)=O)cc1. The molecular formula is C28H26F3N7O4S2. The molecule has 3 aromatic carbocycles. The van der Waals surface area contributed by atoms with Crippen LogP contribution in [0.4, 0.5) is 36.4 Å². The third-order valence-corrected chi connectivity index (χ3v) is 8.30. The first-order valence-electron chi connectivity index (χ1n) is 12.6. The summed E-state index contributed by atoms with van der Waals surface area (Å²) in [5.41, 5.74) is 7.52. The molecule has 11 nitrogen and oxygen atoms in total. The lowest BCUT2D eigenvalue weighted by atomic mass is 10.1. The number of benzene rings is 3. The van der Waals surface area contributed by atoms with E-state index in [1.807, 2.05) is 0 Å². The van der Waals surface area contributed by atoms with E-state index >= 15 is 0 Å². The van der Waals surface area contributed by atoms with E-state index in [1.165, 1.54) is 30.3 Å².